The predicted octanol–water partition coefficient (Wildman–Crippen LogP) is 0.542. The summed E-state index contributed by atoms with van der Waals surface area (Å²) >= 11 is 0. The van der Waals surface area contributed by atoms with Gasteiger partial charge in [-0.15, -0.1) is 0 Å². The fourth-order valence-electron chi connectivity index (χ4n) is 2.65. The van der Waals surface area contributed by atoms with Crippen molar-refractivity contribution in [2.24, 2.45) is 11.8 Å². The summed E-state index contributed by atoms with van der Waals surface area (Å²) in [4.78, 5) is 35.8. The smallest absolute Gasteiger partial charge is 0.334 e. The Hall–Kier alpha value is -1.99. The van der Waals surface area contributed by atoms with Gasteiger partial charge in [-0.1, -0.05) is 20.4 Å². The molecular formula is C17H24O7. The SMILES string of the molecule is C=C(CCO)C(=O)OC1C=C(CO)C(=O)C(OC(C)=O)C1C(C)C. The van der Waals surface area contributed by atoms with Gasteiger partial charge in [-0.05, 0) is 12.0 Å². The van der Waals surface area contributed by atoms with Gasteiger partial charge in [0, 0.05) is 37.0 Å². The van der Waals surface area contributed by atoms with Crippen molar-refractivity contribution in [3.05, 3.63) is 23.8 Å². The van der Waals surface area contributed by atoms with Crippen LogP contribution >= 0.6 is 0 Å². The Morgan fingerprint density at radius 3 is 2.38 bits per heavy atom. The third-order valence-corrected chi connectivity index (χ3v) is 3.85. The van der Waals surface area contributed by atoms with Crippen molar-refractivity contribution in [2.75, 3.05) is 13.2 Å². The van der Waals surface area contributed by atoms with E-state index in [0.29, 0.717) is 0 Å². The van der Waals surface area contributed by atoms with Crippen molar-refractivity contribution < 1.29 is 34.1 Å². The van der Waals surface area contributed by atoms with Gasteiger partial charge in [-0.3, -0.25) is 9.59 Å². The molecule has 1 aliphatic carbocycles. The zero-order valence-corrected chi connectivity index (χ0v) is 14.2. The normalized spacial score (nSPS) is 23.7. The first-order valence-electron chi connectivity index (χ1n) is 7.75. The molecule has 0 radical (unpaired) electrons. The second-order valence-corrected chi connectivity index (χ2v) is 6.01. The minimum absolute atomic E-state index is 0.0312. The molecule has 0 aliphatic heterocycles. The predicted molar refractivity (Wildman–Crippen MR) is 84.8 cm³/mol. The molecule has 0 aromatic carbocycles. The van der Waals surface area contributed by atoms with E-state index in [-0.39, 0.29) is 30.1 Å². The van der Waals surface area contributed by atoms with Gasteiger partial charge in [0.1, 0.15) is 6.10 Å². The van der Waals surface area contributed by atoms with Crippen molar-refractivity contribution in [1.82, 2.24) is 0 Å². The molecule has 3 atom stereocenters. The molecule has 1 aliphatic rings. The molecule has 2 N–H and O–H groups in total. The zero-order valence-electron chi connectivity index (χ0n) is 14.2. The van der Waals surface area contributed by atoms with E-state index < -0.39 is 42.5 Å². The molecule has 0 saturated heterocycles. The second kappa shape index (κ2) is 8.75. The number of hydrogen-bond acceptors (Lipinski definition) is 7. The second-order valence-electron chi connectivity index (χ2n) is 6.01. The number of esters is 2. The number of ether oxygens (including phenoxy) is 2. The van der Waals surface area contributed by atoms with E-state index >= 15 is 0 Å². The van der Waals surface area contributed by atoms with Crippen molar-refractivity contribution in [2.45, 2.75) is 39.4 Å². The van der Waals surface area contributed by atoms with Gasteiger partial charge in [-0.25, -0.2) is 4.79 Å². The summed E-state index contributed by atoms with van der Waals surface area (Å²) in [5, 5.41) is 18.2. The maximum absolute atomic E-state index is 12.4. The average molecular weight is 340 g/mol. The summed E-state index contributed by atoms with van der Waals surface area (Å²) in [5.41, 5.74) is 0.128. The highest BCUT2D eigenvalue weighted by atomic mass is 16.6. The van der Waals surface area contributed by atoms with Crippen LogP contribution in [0.25, 0.3) is 0 Å². The van der Waals surface area contributed by atoms with E-state index in [4.69, 9.17) is 14.6 Å². The molecule has 7 heteroatoms. The van der Waals surface area contributed by atoms with Gasteiger partial charge in [0.25, 0.3) is 0 Å². The van der Waals surface area contributed by atoms with Crippen LogP contribution in [0.3, 0.4) is 0 Å². The van der Waals surface area contributed by atoms with Crippen LogP contribution in [0, 0.1) is 11.8 Å². The van der Waals surface area contributed by atoms with Crippen LogP contribution in [0.2, 0.25) is 0 Å². The largest absolute Gasteiger partial charge is 0.454 e. The Morgan fingerprint density at radius 1 is 1.29 bits per heavy atom. The molecule has 0 aromatic rings. The van der Waals surface area contributed by atoms with Gasteiger partial charge in [0.2, 0.25) is 5.78 Å². The van der Waals surface area contributed by atoms with Crippen LogP contribution in [0.1, 0.15) is 27.2 Å². The molecule has 0 bridgehead atoms. The summed E-state index contributed by atoms with van der Waals surface area (Å²) in [6.45, 7) is 7.57. The zero-order chi connectivity index (χ0) is 18.4. The van der Waals surface area contributed by atoms with Crippen molar-refractivity contribution >= 4 is 17.7 Å². The number of aliphatic hydroxyl groups is 2. The van der Waals surface area contributed by atoms with Crippen LogP contribution in [-0.4, -0.2) is 53.4 Å². The van der Waals surface area contributed by atoms with Crippen molar-refractivity contribution in [1.29, 1.82) is 0 Å². The van der Waals surface area contributed by atoms with Crippen LogP contribution in [0.5, 0.6) is 0 Å². The topological polar surface area (TPSA) is 110 Å². The lowest BCUT2D eigenvalue weighted by atomic mass is 9.77. The molecule has 134 valence electrons. The lowest BCUT2D eigenvalue weighted by Gasteiger charge is -2.37. The third-order valence-electron chi connectivity index (χ3n) is 3.85. The quantitative estimate of drug-likeness (QED) is 0.514. The van der Waals surface area contributed by atoms with E-state index in [1.165, 1.54) is 13.0 Å². The molecule has 0 saturated carbocycles. The van der Waals surface area contributed by atoms with Gasteiger partial charge in [-0.2, -0.15) is 0 Å². The maximum atomic E-state index is 12.4. The molecule has 24 heavy (non-hydrogen) atoms. The molecule has 0 aromatic heterocycles. The van der Waals surface area contributed by atoms with Crippen LogP contribution in [-0.2, 0) is 23.9 Å². The number of Topliss-reactive ketones (excluding diaryl/α,β-unsaturated/α-hetero) is 1. The van der Waals surface area contributed by atoms with Crippen molar-refractivity contribution in [3.63, 3.8) is 0 Å². The molecule has 1 rings (SSSR count). The summed E-state index contributed by atoms with van der Waals surface area (Å²) in [6.07, 6.45) is -0.520. The van der Waals surface area contributed by atoms with E-state index in [0.717, 1.165) is 0 Å². The van der Waals surface area contributed by atoms with Crippen molar-refractivity contribution in [3.8, 4) is 0 Å². The fraction of sp³-hybridized carbons (Fsp3) is 0.588. The maximum Gasteiger partial charge on any atom is 0.334 e. The van der Waals surface area contributed by atoms with Crippen LogP contribution < -0.4 is 0 Å². The Kier molecular flexibility index (Phi) is 7.31. The monoisotopic (exact) mass is 340 g/mol. The van der Waals surface area contributed by atoms with Crippen LogP contribution in [0.15, 0.2) is 23.8 Å². The Labute approximate surface area is 140 Å². The third kappa shape index (κ3) is 4.75. The fourth-order valence-corrected chi connectivity index (χ4v) is 2.65. The summed E-state index contributed by atoms with van der Waals surface area (Å²) in [7, 11) is 0. The summed E-state index contributed by atoms with van der Waals surface area (Å²) in [6, 6.07) is 0. The number of ketones is 1. The van der Waals surface area contributed by atoms with E-state index in [9.17, 15) is 19.5 Å². The molecule has 0 fully saturated rings. The first-order valence-corrected chi connectivity index (χ1v) is 7.75. The Bertz CT molecular complexity index is 547. The minimum atomic E-state index is -1.13. The molecule has 0 amide bonds. The molecule has 0 spiro atoms. The highest BCUT2D eigenvalue weighted by Gasteiger charge is 2.44. The number of carbonyl (C=O) groups excluding carboxylic acids is 3. The number of rotatable bonds is 7. The number of carbonyl (C=O) groups is 3. The van der Waals surface area contributed by atoms with E-state index in [2.05, 4.69) is 6.58 Å². The first-order chi connectivity index (χ1) is 11.2. The standard InChI is InChI=1S/C17H24O7/c1-9(2)14-13(24-17(22)10(3)5-6-18)7-12(8-19)15(21)16(14)23-11(4)20/h7,9,13-14,16,18-19H,3,5-6,8H2,1-2,4H3. The van der Waals surface area contributed by atoms with E-state index in [1.54, 1.807) is 0 Å². The highest BCUT2D eigenvalue weighted by Crippen LogP contribution is 2.32. The lowest BCUT2D eigenvalue weighted by Crippen LogP contribution is -2.48. The first kappa shape index (κ1) is 20.1. The molecule has 3 unspecified atom stereocenters. The highest BCUT2D eigenvalue weighted by molar-refractivity contribution is 6.01. The molecule has 0 heterocycles. The minimum Gasteiger partial charge on any atom is -0.454 e. The van der Waals surface area contributed by atoms with Gasteiger partial charge >= 0.3 is 11.9 Å². The van der Waals surface area contributed by atoms with Gasteiger partial charge < -0.3 is 19.7 Å². The number of aliphatic hydroxyl groups excluding tert-OH is 2. The molecule has 7 nitrogen and oxygen atoms in total. The van der Waals surface area contributed by atoms with Crippen LogP contribution in [0.4, 0.5) is 0 Å². The number of hydrogen-bond donors (Lipinski definition) is 2. The Balaban J connectivity index is 3.15. The van der Waals surface area contributed by atoms with Gasteiger partial charge in [0.05, 0.1) is 6.61 Å². The van der Waals surface area contributed by atoms with E-state index in [1.807, 2.05) is 13.8 Å². The summed E-state index contributed by atoms with van der Waals surface area (Å²) < 4.78 is 10.5. The average Bonchev–Trinajstić information content (AvgIpc) is 2.49. The Morgan fingerprint density at radius 2 is 1.92 bits per heavy atom. The molecular weight excluding hydrogens is 316 g/mol. The van der Waals surface area contributed by atoms with Gasteiger partial charge in [0.15, 0.2) is 6.10 Å². The lowest BCUT2D eigenvalue weighted by molar-refractivity contribution is -0.164. The summed E-state index contributed by atoms with van der Waals surface area (Å²) in [5.74, 6) is -2.55.